The van der Waals surface area contributed by atoms with Gasteiger partial charge in [0.05, 0.1) is 0 Å². The van der Waals surface area contributed by atoms with Crippen molar-refractivity contribution in [2.24, 2.45) is 23.7 Å². The number of hydrogen-bond donors (Lipinski definition) is 0. The van der Waals surface area contributed by atoms with Gasteiger partial charge in [-0.2, -0.15) is 16.9 Å². The summed E-state index contributed by atoms with van der Waals surface area (Å²) in [4.78, 5) is 21.2. The minimum atomic E-state index is 0.182. The van der Waals surface area contributed by atoms with Crippen molar-refractivity contribution >= 4 is 17.7 Å². The van der Waals surface area contributed by atoms with Crippen LogP contribution in [0.1, 0.15) is 67.2 Å². The van der Waals surface area contributed by atoms with Crippen molar-refractivity contribution in [3.63, 3.8) is 0 Å². The molecule has 4 bridgehead atoms. The van der Waals surface area contributed by atoms with Crippen LogP contribution in [-0.2, 0) is 19.4 Å². The highest BCUT2D eigenvalue weighted by Crippen LogP contribution is 2.55. The van der Waals surface area contributed by atoms with Gasteiger partial charge < -0.3 is 4.90 Å². The molecular formula is C28H43N5OS. The number of aromatic nitrogens is 2. The Labute approximate surface area is 215 Å². The number of aryl methyl sites for hydroxylation is 1. The van der Waals surface area contributed by atoms with E-state index in [1.54, 1.807) is 6.42 Å². The van der Waals surface area contributed by atoms with E-state index in [2.05, 4.69) is 21.4 Å². The molecule has 0 radical (unpaired) electrons. The molecule has 6 fully saturated rings. The number of nitrogens with zero attached hydrogens (tertiary/aromatic N) is 5. The Bertz CT molecular complexity index is 919. The van der Waals surface area contributed by atoms with Gasteiger partial charge in [-0.25, -0.2) is 0 Å². The molecule has 5 aliphatic carbocycles. The summed E-state index contributed by atoms with van der Waals surface area (Å²) in [5.74, 6) is 6.42. The van der Waals surface area contributed by atoms with E-state index in [1.807, 2.05) is 16.7 Å². The average molecular weight is 498 g/mol. The fraction of sp³-hybridized carbons (Fsp3) is 0.857. The zero-order valence-electron chi connectivity index (χ0n) is 21.5. The first-order valence-corrected chi connectivity index (χ1v) is 15.8. The molecule has 7 aliphatic rings. The summed E-state index contributed by atoms with van der Waals surface area (Å²) in [5.41, 5.74) is 3.38. The molecule has 1 atom stereocenters. The van der Waals surface area contributed by atoms with Gasteiger partial charge in [0.15, 0.2) is 5.69 Å². The molecule has 0 spiro atoms. The van der Waals surface area contributed by atoms with Crippen LogP contribution in [-0.4, -0.2) is 93.2 Å². The first-order chi connectivity index (χ1) is 17.2. The fourth-order valence-corrected chi connectivity index (χ4v) is 10.1. The molecule has 1 aromatic rings. The summed E-state index contributed by atoms with van der Waals surface area (Å²) in [6, 6.07) is 1.46. The van der Waals surface area contributed by atoms with Crippen LogP contribution in [0.15, 0.2) is 0 Å². The Morgan fingerprint density at radius 3 is 2.23 bits per heavy atom. The summed E-state index contributed by atoms with van der Waals surface area (Å²) in [6.07, 6.45) is 10.9. The van der Waals surface area contributed by atoms with E-state index in [-0.39, 0.29) is 5.91 Å². The predicted octanol–water partition coefficient (Wildman–Crippen LogP) is 3.39. The maximum atomic E-state index is 13.4. The summed E-state index contributed by atoms with van der Waals surface area (Å²) >= 11 is 1.96. The molecule has 8 rings (SSSR count). The lowest BCUT2D eigenvalue weighted by Gasteiger charge is -2.58. The molecule has 0 aromatic carbocycles. The number of rotatable bonds is 4. The molecule has 0 N–H and O–H groups in total. The van der Waals surface area contributed by atoms with E-state index < -0.39 is 0 Å². The highest BCUT2D eigenvalue weighted by molar-refractivity contribution is 7.99. The van der Waals surface area contributed by atoms with E-state index in [9.17, 15) is 4.79 Å². The summed E-state index contributed by atoms with van der Waals surface area (Å²) in [7, 11) is 0. The van der Waals surface area contributed by atoms with E-state index >= 15 is 0 Å². The predicted molar refractivity (Wildman–Crippen MR) is 141 cm³/mol. The van der Waals surface area contributed by atoms with Crippen LogP contribution in [0.2, 0.25) is 0 Å². The Balaban J connectivity index is 1.03. The maximum Gasteiger partial charge on any atom is 0.274 e. The number of piperazine rings is 1. The fourth-order valence-electron chi connectivity index (χ4n) is 9.22. The lowest BCUT2D eigenvalue weighted by atomic mass is 9.54. The Morgan fingerprint density at radius 1 is 0.914 bits per heavy atom. The largest absolute Gasteiger partial charge is 0.336 e. The molecule has 0 unspecified atom stereocenters. The van der Waals surface area contributed by atoms with Crippen LogP contribution < -0.4 is 0 Å². The first kappa shape index (κ1) is 23.1. The van der Waals surface area contributed by atoms with Gasteiger partial charge in [-0.3, -0.25) is 19.3 Å². The minimum absolute atomic E-state index is 0.182. The number of hydrogen-bond acceptors (Lipinski definition) is 5. The molecule has 4 saturated carbocycles. The van der Waals surface area contributed by atoms with Crippen LogP contribution in [0.25, 0.3) is 0 Å². The van der Waals surface area contributed by atoms with Gasteiger partial charge in [-0.15, -0.1) is 0 Å². The molecule has 6 nitrogen and oxygen atoms in total. The number of carbonyl (C=O) groups is 1. The number of carbonyl (C=O) groups excluding carboxylic acids is 1. The van der Waals surface area contributed by atoms with Gasteiger partial charge in [0.1, 0.15) is 0 Å². The number of amides is 1. The SMILES string of the molecule is CCn1nc(C(=O)N2CCSCC2)c2c1CC[C@H](N1CCN(C3C4CC5CC(C4)CC3C5)CC1)C2. The normalized spacial score (nSPS) is 37.6. The number of thioether (sulfide) groups is 1. The van der Waals surface area contributed by atoms with Crippen molar-refractivity contribution in [2.45, 2.75) is 76.9 Å². The monoisotopic (exact) mass is 497 g/mol. The smallest absolute Gasteiger partial charge is 0.274 e. The van der Waals surface area contributed by atoms with Gasteiger partial charge in [-0.1, -0.05) is 0 Å². The topological polar surface area (TPSA) is 44.6 Å². The molecule has 1 amide bonds. The van der Waals surface area contributed by atoms with Crippen molar-refractivity contribution in [1.29, 1.82) is 0 Å². The molecule has 192 valence electrons. The van der Waals surface area contributed by atoms with E-state index in [0.29, 0.717) is 6.04 Å². The van der Waals surface area contributed by atoms with Crippen molar-refractivity contribution in [3.05, 3.63) is 17.0 Å². The Kier molecular flexibility index (Phi) is 6.18. The van der Waals surface area contributed by atoms with Crippen LogP contribution >= 0.6 is 11.8 Å². The van der Waals surface area contributed by atoms with Gasteiger partial charge >= 0.3 is 0 Å². The Hall–Kier alpha value is -1.05. The van der Waals surface area contributed by atoms with Gasteiger partial charge in [-0.05, 0) is 82.0 Å². The highest BCUT2D eigenvalue weighted by Gasteiger charge is 2.50. The summed E-state index contributed by atoms with van der Waals surface area (Å²) < 4.78 is 2.13. The third-order valence-electron chi connectivity index (χ3n) is 10.6. The van der Waals surface area contributed by atoms with Crippen LogP contribution in [0.5, 0.6) is 0 Å². The van der Waals surface area contributed by atoms with Gasteiger partial charge in [0.2, 0.25) is 0 Å². The zero-order valence-corrected chi connectivity index (χ0v) is 22.4. The quantitative estimate of drug-likeness (QED) is 0.638. The van der Waals surface area contributed by atoms with Crippen LogP contribution in [0, 0.1) is 23.7 Å². The van der Waals surface area contributed by atoms with Crippen LogP contribution in [0.4, 0.5) is 0 Å². The average Bonchev–Trinajstić information content (AvgIpc) is 3.26. The second kappa shape index (κ2) is 9.36. The van der Waals surface area contributed by atoms with Crippen molar-refractivity contribution < 1.29 is 4.79 Å². The van der Waals surface area contributed by atoms with Crippen molar-refractivity contribution in [3.8, 4) is 0 Å². The molecule has 7 heteroatoms. The van der Waals surface area contributed by atoms with Crippen LogP contribution in [0.3, 0.4) is 0 Å². The standard InChI is InChI=1S/C28H43N5OS/c1-2-33-25-4-3-23(18-24(25)26(29-33)28(34)32-9-11-35-12-10-32)30-5-7-31(8-6-30)27-21-14-19-13-20(16-21)17-22(27)15-19/h19-23,27H,2-18H2,1H3/t19?,20?,21?,22?,23-,27?/m0/s1. The molecule has 35 heavy (non-hydrogen) atoms. The molecule has 2 aliphatic heterocycles. The van der Waals surface area contributed by atoms with Gasteiger partial charge in [0.25, 0.3) is 5.91 Å². The van der Waals surface area contributed by atoms with Crippen molar-refractivity contribution in [1.82, 2.24) is 24.5 Å². The zero-order chi connectivity index (χ0) is 23.5. The van der Waals surface area contributed by atoms with Gasteiger partial charge in [0, 0.05) is 80.7 Å². The molecule has 2 saturated heterocycles. The second-order valence-corrected chi connectivity index (χ2v) is 13.6. The number of fused-ring (bicyclic) bond motifs is 1. The summed E-state index contributed by atoms with van der Waals surface area (Å²) in [6.45, 7) is 9.67. The lowest BCUT2D eigenvalue weighted by Crippen LogP contribution is -2.61. The first-order valence-electron chi connectivity index (χ1n) is 14.6. The maximum absolute atomic E-state index is 13.4. The van der Waals surface area contributed by atoms with E-state index in [1.165, 1.54) is 69.5 Å². The molecule has 1 aromatic heterocycles. The third kappa shape index (κ3) is 4.08. The third-order valence-corrected chi connectivity index (χ3v) is 11.5. The molecular weight excluding hydrogens is 454 g/mol. The van der Waals surface area contributed by atoms with E-state index in [4.69, 9.17) is 5.10 Å². The molecule has 3 heterocycles. The van der Waals surface area contributed by atoms with Crippen molar-refractivity contribution in [2.75, 3.05) is 50.8 Å². The summed E-state index contributed by atoms with van der Waals surface area (Å²) in [5, 5.41) is 4.87. The lowest BCUT2D eigenvalue weighted by molar-refractivity contribution is -0.0794. The highest BCUT2D eigenvalue weighted by atomic mass is 32.2. The minimum Gasteiger partial charge on any atom is -0.336 e. The second-order valence-electron chi connectivity index (χ2n) is 12.4. The van der Waals surface area contributed by atoms with E-state index in [0.717, 1.165) is 79.4 Å². The Morgan fingerprint density at radius 2 is 1.57 bits per heavy atom.